The predicted molar refractivity (Wildman–Crippen MR) is 91.1 cm³/mol. The molecule has 0 aliphatic heterocycles. The molecule has 25 heavy (non-hydrogen) atoms. The van der Waals surface area contributed by atoms with Gasteiger partial charge in [-0.1, -0.05) is 18.2 Å². The van der Waals surface area contributed by atoms with Crippen molar-refractivity contribution in [3.05, 3.63) is 84.0 Å². The normalized spacial score (nSPS) is 11.8. The van der Waals surface area contributed by atoms with Gasteiger partial charge in [-0.15, -0.1) is 0 Å². The number of pyridine rings is 1. The third kappa shape index (κ3) is 4.20. The minimum Gasteiger partial charge on any atom is -0.336 e. The van der Waals surface area contributed by atoms with E-state index in [-0.39, 0.29) is 11.8 Å². The van der Waals surface area contributed by atoms with Crippen LogP contribution in [0.25, 0.3) is 0 Å². The Labute approximate surface area is 144 Å². The Morgan fingerprint density at radius 3 is 2.68 bits per heavy atom. The summed E-state index contributed by atoms with van der Waals surface area (Å²) in [6, 6.07) is 8.84. The first kappa shape index (κ1) is 16.6. The minimum absolute atomic E-state index is 0.330. The van der Waals surface area contributed by atoms with Gasteiger partial charge in [-0.2, -0.15) is 0 Å². The number of nitrogens with zero attached hydrogens (tertiary/aromatic N) is 3. The lowest BCUT2D eigenvalue weighted by atomic mass is 10.1. The van der Waals surface area contributed by atoms with Crippen LogP contribution < -0.4 is 10.6 Å². The molecular weight excluding hydrogens is 321 g/mol. The molecule has 1 unspecified atom stereocenters. The largest absolute Gasteiger partial charge is 0.336 e. The fraction of sp³-hybridized carbons (Fsp3) is 0.167. The van der Waals surface area contributed by atoms with Crippen LogP contribution in [0.15, 0.2) is 61.2 Å². The van der Waals surface area contributed by atoms with E-state index < -0.39 is 6.04 Å². The van der Waals surface area contributed by atoms with E-state index in [1.54, 1.807) is 36.9 Å². The van der Waals surface area contributed by atoms with Crippen LogP contribution in [0.2, 0.25) is 0 Å². The SMILES string of the molecule is Cn1ccnc1C(NC(=O)NCc1cccnc1)c1ccc(F)cc1. The number of carbonyl (C=O) groups is 1. The maximum absolute atomic E-state index is 13.2. The molecule has 0 bridgehead atoms. The van der Waals surface area contributed by atoms with Crippen molar-refractivity contribution in [2.24, 2.45) is 7.05 Å². The highest BCUT2D eigenvalue weighted by Crippen LogP contribution is 2.20. The molecule has 2 N–H and O–H groups in total. The molecule has 0 fully saturated rings. The van der Waals surface area contributed by atoms with Gasteiger partial charge in [-0.05, 0) is 29.3 Å². The summed E-state index contributed by atoms with van der Waals surface area (Å²) in [6.45, 7) is 0.358. The highest BCUT2D eigenvalue weighted by atomic mass is 19.1. The summed E-state index contributed by atoms with van der Waals surface area (Å²) < 4.78 is 15.0. The third-order valence-electron chi connectivity index (χ3n) is 3.77. The number of rotatable bonds is 5. The fourth-order valence-electron chi connectivity index (χ4n) is 2.47. The summed E-state index contributed by atoms with van der Waals surface area (Å²) >= 11 is 0. The Balaban J connectivity index is 1.74. The second-order valence-electron chi connectivity index (χ2n) is 5.57. The number of amides is 2. The number of hydrogen-bond acceptors (Lipinski definition) is 3. The number of benzene rings is 1. The van der Waals surface area contributed by atoms with E-state index in [0.29, 0.717) is 12.4 Å². The Morgan fingerprint density at radius 2 is 2.04 bits per heavy atom. The maximum Gasteiger partial charge on any atom is 0.315 e. The van der Waals surface area contributed by atoms with Crippen LogP contribution in [0.1, 0.15) is 23.0 Å². The Hall–Kier alpha value is -3.22. The number of aromatic nitrogens is 3. The molecule has 0 radical (unpaired) electrons. The van der Waals surface area contributed by atoms with Crippen LogP contribution >= 0.6 is 0 Å². The van der Waals surface area contributed by atoms with E-state index in [0.717, 1.165) is 11.1 Å². The van der Waals surface area contributed by atoms with Crippen molar-refractivity contribution in [3.63, 3.8) is 0 Å². The van der Waals surface area contributed by atoms with Crippen LogP contribution in [0.3, 0.4) is 0 Å². The van der Waals surface area contributed by atoms with Gasteiger partial charge in [0, 0.05) is 38.4 Å². The van der Waals surface area contributed by atoms with E-state index in [4.69, 9.17) is 0 Å². The lowest BCUT2D eigenvalue weighted by molar-refractivity contribution is 0.237. The molecule has 0 saturated heterocycles. The molecule has 3 rings (SSSR count). The molecule has 2 heterocycles. The summed E-state index contributed by atoms with van der Waals surface area (Å²) in [7, 11) is 1.84. The van der Waals surface area contributed by atoms with E-state index >= 15 is 0 Å². The molecule has 128 valence electrons. The average molecular weight is 339 g/mol. The van der Waals surface area contributed by atoms with Gasteiger partial charge in [0.2, 0.25) is 0 Å². The van der Waals surface area contributed by atoms with Gasteiger partial charge in [0.25, 0.3) is 0 Å². The Morgan fingerprint density at radius 1 is 1.24 bits per heavy atom. The highest BCUT2D eigenvalue weighted by Gasteiger charge is 2.20. The number of urea groups is 1. The van der Waals surface area contributed by atoms with Crippen molar-refractivity contribution in [2.45, 2.75) is 12.6 Å². The third-order valence-corrected chi connectivity index (χ3v) is 3.77. The summed E-state index contributed by atoms with van der Waals surface area (Å²) in [6.07, 6.45) is 6.81. The lowest BCUT2D eigenvalue weighted by Crippen LogP contribution is -2.38. The number of aryl methyl sites for hydroxylation is 1. The molecule has 1 atom stereocenters. The molecule has 7 heteroatoms. The lowest BCUT2D eigenvalue weighted by Gasteiger charge is -2.19. The van der Waals surface area contributed by atoms with Gasteiger partial charge in [-0.25, -0.2) is 14.2 Å². The Bertz CT molecular complexity index is 832. The summed E-state index contributed by atoms with van der Waals surface area (Å²) in [5, 5.41) is 5.68. The summed E-state index contributed by atoms with van der Waals surface area (Å²) in [5.41, 5.74) is 1.64. The Kier molecular flexibility index (Phi) is 5.03. The molecular formula is C18H18FN5O. The monoisotopic (exact) mass is 339 g/mol. The van der Waals surface area contributed by atoms with Gasteiger partial charge >= 0.3 is 6.03 Å². The summed E-state index contributed by atoms with van der Waals surface area (Å²) in [4.78, 5) is 20.6. The molecule has 2 aromatic heterocycles. The maximum atomic E-state index is 13.2. The van der Waals surface area contributed by atoms with Crippen molar-refractivity contribution in [2.75, 3.05) is 0 Å². The number of carbonyl (C=O) groups excluding carboxylic acids is 1. The number of nitrogens with one attached hydrogen (secondary N) is 2. The van der Waals surface area contributed by atoms with Crippen LogP contribution in [-0.4, -0.2) is 20.6 Å². The zero-order valence-electron chi connectivity index (χ0n) is 13.7. The standard InChI is InChI=1S/C18H18FN5O/c1-24-10-9-21-17(24)16(14-4-6-15(19)7-5-14)23-18(25)22-12-13-3-2-8-20-11-13/h2-11,16H,12H2,1H3,(H2,22,23,25). The van der Waals surface area contributed by atoms with Crippen molar-refractivity contribution < 1.29 is 9.18 Å². The van der Waals surface area contributed by atoms with E-state index in [2.05, 4.69) is 20.6 Å². The molecule has 0 spiro atoms. The minimum atomic E-state index is -0.491. The topological polar surface area (TPSA) is 71.8 Å². The smallest absolute Gasteiger partial charge is 0.315 e. The molecule has 0 aliphatic carbocycles. The fourth-order valence-corrected chi connectivity index (χ4v) is 2.47. The number of hydrogen-bond donors (Lipinski definition) is 2. The molecule has 3 aromatic rings. The quantitative estimate of drug-likeness (QED) is 0.750. The second-order valence-corrected chi connectivity index (χ2v) is 5.57. The molecule has 0 saturated carbocycles. The van der Waals surface area contributed by atoms with Crippen molar-refractivity contribution in [3.8, 4) is 0 Å². The van der Waals surface area contributed by atoms with Crippen molar-refractivity contribution >= 4 is 6.03 Å². The van der Waals surface area contributed by atoms with Gasteiger partial charge in [-0.3, -0.25) is 4.98 Å². The highest BCUT2D eigenvalue weighted by molar-refractivity contribution is 5.74. The first-order valence-corrected chi connectivity index (χ1v) is 7.79. The van der Waals surface area contributed by atoms with Crippen molar-refractivity contribution in [1.29, 1.82) is 0 Å². The van der Waals surface area contributed by atoms with Crippen molar-refractivity contribution in [1.82, 2.24) is 25.2 Å². The van der Waals surface area contributed by atoms with E-state index in [1.807, 2.05) is 23.7 Å². The van der Waals surface area contributed by atoms with Crippen LogP contribution in [0.5, 0.6) is 0 Å². The number of imidazole rings is 1. The number of halogens is 1. The average Bonchev–Trinajstić information content (AvgIpc) is 3.05. The van der Waals surface area contributed by atoms with E-state index in [1.165, 1.54) is 12.1 Å². The van der Waals surface area contributed by atoms with E-state index in [9.17, 15) is 9.18 Å². The second kappa shape index (κ2) is 7.57. The van der Waals surface area contributed by atoms with Gasteiger partial charge in [0.15, 0.2) is 0 Å². The first-order chi connectivity index (χ1) is 12.1. The van der Waals surface area contributed by atoms with Crippen LogP contribution in [0, 0.1) is 5.82 Å². The first-order valence-electron chi connectivity index (χ1n) is 7.79. The molecule has 6 nitrogen and oxygen atoms in total. The molecule has 1 aromatic carbocycles. The zero-order valence-corrected chi connectivity index (χ0v) is 13.7. The molecule has 2 amide bonds. The van der Waals surface area contributed by atoms with Gasteiger partial charge in [0.1, 0.15) is 17.7 Å². The molecule has 0 aliphatic rings. The van der Waals surface area contributed by atoms with Gasteiger partial charge in [0.05, 0.1) is 0 Å². The van der Waals surface area contributed by atoms with Crippen LogP contribution in [0.4, 0.5) is 9.18 Å². The zero-order chi connectivity index (χ0) is 17.6. The predicted octanol–water partition coefficient (Wildman–Crippen LogP) is 2.54. The van der Waals surface area contributed by atoms with Gasteiger partial charge < -0.3 is 15.2 Å². The summed E-state index contributed by atoms with van der Waals surface area (Å²) in [5.74, 6) is 0.325. The van der Waals surface area contributed by atoms with Crippen LogP contribution in [-0.2, 0) is 13.6 Å².